The normalized spacial score (nSPS) is 18.3. The quantitative estimate of drug-likeness (QED) is 0.858. The maximum absolute atomic E-state index is 12.8. The summed E-state index contributed by atoms with van der Waals surface area (Å²) in [6, 6.07) is 0.0723. The fourth-order valence-electron chi connectivity index (χ4n) is 2.84. The molecule has 0 spiro atoms. The van der Waals surface area contributed by atoms with Gasteiger partial charge in [0.2, 0.25) is 10.0 Å². The van der Waals surface area contributed by atoms with Crippen LogP contribution in [0.4, 0.5) is 8.78 Å². The van der Waals surface area contributed by atoms with E-state index in [9.17, 15) is 17.2 Å². The smallest absolute Gasteiger partial charge is 0.299 e. The fourth-order valence-corrected chi connectivity index (χ4v) is 4.36. The molecule has 22 heavy (non-hydrogen) atoms. The second kappa shape index (κ2) is 6.59. The van der Waals surface area contributed by atoms with Gasteiger partial charge in [-0.2, -0.15) is 13.9 Å². The van der Waals surface area contributed by atoms with Gasteiger partial charge in [-0.1, -0.05) is 0 Å². The molecule has 1 fully saturated rings. The summed E-state index contributed by atoms with van der Waals surface area (Å²) in [5.74, 6) is 0. The Balaban J connectivity index is 2.13. The average molecular weight is 336 g/mol. The minimum Gasteiger partial charge on any atom is -0.299 e. The SMILES string of the molecule is Cc1nn(C(F)F)c(C)c1S(=O)(=O)NCC(C)N1CCCC1. The number of sulfonamides is 1. The predicted octanol–water partition coefficient (Wildman–Crippen LogP) is 1.66. The van der Waals surface area contributed by atoms with Crippen LogP contribution in [0.5, 0.6) is 0 Å². The van der Waals surface area contributed by atoms with Gasteiger partial charge in [0, 0.05) is 12.6 Å². The summed E-state index contributed by atoms with van der Waals surface area (Å²) in [5, 5.41) is 3.62. The highest BCUT2D eigenvalue weighted by molar-refractivity contribution is 7.89. The molecule has 1 aromatic heterocycles. The van der Waals surface area contributed by atoms with Crippen molar-refractivity contribution in [2.75, 3.05) is 19.6 Å². The van der Waals surface area contributed by atoms with E-state index in [0.29, 0.717) is 4.68 Å². The summed E-state index contributed by atoms with van der Waals surface area (Å²) >= 11 is 0. The molecule has 9 heteroatoms. The van der Waals surface area contributed by atoms with Gasteiger partial charge < -0.3 is 0 Å². The standard InChI is InChI=1S/C13H22F2N4O2S/c1-9(18-6-4-5-7-18)8-16-22(20,21)12-10(2)17-19(11(12)3)13(14)15/h9,13,16H,4-8H2,1-3H3. The highest BCUT2D eigenvalue weighted by Crippen LogP contribution is 2.23. The molecule has 2 rings (SSSR count). The van der Waals surface area contributed by atoms with E-state index in [0.717, 1.165) is 25.9 Å². The number of alkyl halides is 2. The lowest BCUT2D eigenvalue weighted by molar-refractivity contribution is 0.0538. The first-order valence-electron chi connectivity index (χ1n) is 7.31. The fraction of sp³-hybridized carbons (Fsp3) is 0.769. The van der Waals surface area contributed by atoms with Gasteiger partial charge in [-0.15, -0.1) is 0 Å². The highest BCUT2D eigenvalue weighted by atomic mass is 32.2. The van der Waals surface area contributed by atoms with Crippen LogP contribution in [0.25, 0.3) is 0 Å². The van der Waals surface area contributed by atoms with Gasteiger partial charge in [0.05, 0.1) is 11.4 Å². The molecule has 126 valence electrons. The summed E-state index contributed by atoms with van der Waals surface area (Å²) in [7, 11) is -3.85. The third kappa shape index (κ3) is 3.47. The lowest BCUT2D eigenvalue weighted by atomic mass is 10.3. The van der Waals surface area contributed by atoms with E-state index in [1.165, 1.54) is 13.8 Å². The van der Waals surface area contributed by atoms with Crippen molar-refractivity contribution in [2.24, 2.45) is 0 Å². The summed E-state index contributed by atoms with van der Waals surface area (Å²) < 4.78 is 53.4. The molecule has 0 amide bonds. The van der Waals surface area contributed by atoms with E-state index in [2.05, 4.69) is 14.7 Å². The number of rotatable bonds is 6. The Kier molecular flexibility index (Phi) is 5.18. The molecular weight excluding hydrogens is 314 g/mol. The molecule has 1 atom stereocenters. The van der Waals surface area contributed by atoms with Gasteiger partial charge in [-0.25, -0.2) is 17.8 Å². The lowest BCUT2D eigenvalue weighted by Crippen LogP contribution is -2.40. The van der Waals surface area contributed by atoms with Crippen molar-refractivity contribution in [3.63, 3.8) is 0 Å². The number of aryl methyl sites for hydroxylation is 1. The molecule has 1 aliphatic rings. The molecule has 1 aliphatic heterocycles. The van der Waals surface area contributed by atoms with Crippen LogP contribution in [0.2, 0.25) is 0 Å². The van der Waals surface area contributed by atoms with Crippen LogP contribution in [0.15, 0.2) is 4.90 Å². The average Bonchev–Trinajstić information content (AvgIpc) is 3.04. The van der Waals surface area contributed by atoms with Crippen LogP contribution in [0.3, 0.4) is 0 Å². The van der Waals surface area contributed by atoms with Crippen molar-refractivity contribution in [2.45, 2.75) is 51.1 Å². The molecule has 1 aromatic rings. The summed E-state index contributed by atoms with van der Waals surface area (Å²) in [6.45, 7) is 4.03. The number of nitrogens with one attached hydrogen (secondary N) is 1. The predicted molar refractivity (Wildman–Crippen MR) is 78.4 cm³/mol. The Labute approximate surface area is 129 Å². The third-order valence-corrected chi connectivity index (χ3v) is 5.72. The third-order valence-electron chi connectivity index (χ3n) is 4.04. The summed E-state index contributed by atoms with van der Waals surface area (Å²) in [4.78, 5) is 2.06. The van der Waals surface area contributed by atoms with Crippen molar-refractivity contribution < 1.29 is 17.2 Å². The van der Waals surface area contributed by atoms with Crippen molar-refractivity contribution >= 4 is 10.0 Å². The van der Waals surface area contributed by atoms with Crippen LogP contribution < -0.4 is 4.72 Å². The van der Waals surface area contributed by atoms with Gasteiger partial charge in [-0.3, -0.25) is 4.90 Å². The number of likely N-dealkylation sites (tertiary alicyclic amines) is 1. The van der Waals surface area contributed by atoms with Crippen LogP contribution >= 0.6 is 0 Å². The Hall–Kier alpha value is -1.06. The first-order chi connectivity index (χ1) is 10.2. The van der Waals surface area contributed by atoms with Gasteiger partial charge in [0.1, 0.15) is 4.90 Å². The molecule has 0 bridgehead atoms. The Morgan fingerprint density at radius 3 is 2.36 bits per heavy atom. The number of halogens is 2. The van der Waals surface area contributed by atoms with Crippen LogP contribution in [-0.2, 0) is 10.0 Å². The molecule has 1 unspecified atom stereocenters. The molecular formula is C13H22F2N4O2S. The molecule has 1 N–H and O–H groups in total. The maximum Gasteiger partial charge on any atom is 0.333 e. The summed E-state index contributed by atoms with van der Waals surface area (Å²) in [6.07, 6.45) is 2.24. The van der Waals surface area contributed by atoms with Crippen molar-refractivity contribution in [3.05, 3.63) is 11.4 Å². The summed E-state index contributed by atoms with van der Waals surface area (Å²) in [5.41, 5.74) is 0.0351. The Bertz CT molecular complexity index is 624. The van der Waals surface area contributed by atoms with Crippen molar-refractivity contribution in [1.29, 1.82) is 0 Å². The van der Waals surface area contributed by atoms with Gasteiger partial charge in [-0.05, 0) is 46.7 Å². The highest BCUT2D eigenvalue weighted by Gasteiger charge is 2.28. The second-order valence-corrected chi connectivity index (χ2v) is 7.37. The molecule has 0 aliphatic carbocycles. The number of nitrogens with zero attached hydrogens (tertiary/aromatic N) is 3. The van der Waals surface area contributed by atoms with Crippen LogP contribution in [0.1, 0.15) is 37.7 Å². The second-order valence-electron chi connectivity index (χ2n) is 5.67. The van der Waals surface area contributed by atoms with E-state index < -0.39 is 16.6 Å². The molecule has 0 radical (unpaired) electrons. The lowest BCUT2D eigenvalue weighted by Gasteiger charge is -2.23. The topological polar surface area (TPSA) is 67.2 Å². The Morgan fingerprint density at radius 1 is 1.27 bits per heavy atom. The van der Waals surface area contributed by atoms with Gasteiger partial charge in [0.25, 0.3) is 0 Å². The largest absolute Gasteiger partial charge is 0.333 e. The Morgan fingerprint density at radius 2 is 1.86 bits per heavy atom. The minimum atomic E-state index is -3.85. The molecule has 2 heterocycles. The van der Waals surface area contributed by atoms with E-state index in [4.69, 9.17) is 0 Å². The monoisotopic (exact) mass is 336 g/mol. The van der Waals surface area contributed by atoms with Crippen LogP contribution in [-0.4, -0.2) is 48.8 Å². The molecule has 0 saturated carbocycles. The van der Waals surface area contributed by atoms with E-state index in [1.54, 1.807) is 0 Å². The van der Waals surface area contributed by atoms with Crippen LogP contribution in [0, 0.1) is 13.8 Å². The van der Waals surface area contributed by atoms with Crippen molar-refractivity contribution in [1.82, 2.24) is 19.4 Å². The zero-order valence-electron chi connectivity index (χ0n) is 13.0. The molecule has 1 saturated heterocycles. The number of hydrogen-bond acceptors (Lipinski definition) is 4. The zero-order chi connectivity index (χ0) is 16.5. The first-order valence-corrected chi connectivity index (χ1v) is 8.80. The maximum atomic E-state index is 12.8. The van der Waals surface area contributed by atoms with E-state index >= 15 is 0 Å². The van der Waals surface area contributed by atoms with E-state index in [1.807, 2.05) is 6.92 Å². The number of aromatic nitrogens is 2. The molecule has 0 aromatic carbocycles. The zero-order valence-corrected chi connectivity index (χ0v) is 13.8. The first kappa shape index (κ1) is 17.3. The van der Waals surface area contributed by atoms with Gasteiger partial charge in [0.15, 0.2) is 0 Å². The van der Waals surface area contributed by atoms with E-state index in [-0.39, 0.29) is 28.9 Å². The number of hydrogen-bond donors (Lipinski definition) is 1. The molecule has 6 nitrogen and oxygen atoms in total. The van der Waals surface area contributed by atoms with Crippen molar-refractivity contribution in [3.8, 4) is 0 Å². The van der Waals surface area contributed by atoms with Gasteiger partial charge >= 0.3 is 6.55 Å². The minimum absolute atomic E-state index is 0.0474.